The van der Waals surface area contributed by atoms with Crippen molar-refractivity contribution in [1.29, 1.82) is 0 Å². The van der Waals surface area contributed by atoms with Gasteiger partial charge in [-0.2, -0.15) is 0 Å². The van der Waals surface area contributed by atoms with E-state index in [9.17, 15) is 4.39 Å². The molecular weight excluding hydrogens is 502 g/mol. The topological polar surface area (TPSA) is 9.23 Å². The van der Waals surface area contributed by atoms with Crippen LogP contribution in [0.15, 0.2) is 34.8 Å². The first-order chi connectivity index (χ1) is 9.56. The van der Waals surface area contributed by atoms with Gasteiger partial charge in [-0.25, -0.2) is 4.39 Å². The third-order valence-electron chi connectivity index (χ3n) is 3.29. The second-order valence-electron chi connectivity index (χ2n) is 4.61. The summed E-state index contributed by atoms with van der Waals surface area (Å²) in [5.41, 5.74) is 3.34. The maximum atomic E-state index is 13.2. The van der Waals surface area contributed by atoms with Crippen molar-refractivity contribution in [3.8, 4) is 5.75 Å². The number of hydrogen-bond acceptors (Lipinski definition) is 1. The maximum Gasteiger partial charge on any atom is 0.127 e. The fourth-order valence-corrected chi connectivity index (χ4v) is 4.84. The minimum absolute atomic E-state index is 0.0145. The van der Waals surface area contributed by atoms with Crippen molar-refractivity contribution >= 4 is 54.5 Å². The summed E-state index contributed by atoms with van der Waals surface area (Å²) in [7, 11) is 0. The Kier molecular flexibility index (Phi) is 4.38. The van der Waals surface area contributed by atoms with Crippen LogP contribution < -0.4 is 4.74 Å². The number of fused-ring (bicyclic) bond motifs is 1. The van der Waals surface area contributed by atoms with Crippen molar-refractivity contribution < 1.29 is 9.13 Å². The first kappa shape index (κ1) is 14.8. The van der Waals surface area contributed by atoms with Crippen LogP contribution in [0.1, 0.15) is 21.5 Å². The fraction of sp³-hybridized carbons (Fsp3) is 0.200. The number of benzene rings is 2. The Bertz CT molecular complexity index is 675. The molecule has 1 heterocycles. The summed E-state index contributed by atoms with van der Waals surface area (Å²) in [6.45, 7) is 0.721. The number of alkyl halides is 1. The van der Waals surface area contributed by atoms with Crippen molar-refractivity contribution in [3.63, 3.8) is 0 Å². The Morgan fingerprint density at radius 3 is 2.75 bits per heavy atom. The lowest BCUT2D eigenvalue weighted by atomic mass is 10.0. The largest absolute Gasteiger partial charge is 0.493 e. The van der Waals surface area contributed by atoms with E-state index < -0.39 is 0 Å². The average molecular weight is 512 g/mol. The van der Waals surface area contributed by atoms with Crippen molar-refractivity contribution in [2.45, 2.75) is 11.2 Å². The third kappa shape index (κ3) is 2.76. The van der Waals surface area contributed by atoms with Gasteiger partial charge >= 0.3 is 0 Å². The number of ether oxygens (including phenoxy) is 1. The number of rotatable bonds is 2. The van der Waals surface area contributed by atoms with Gasteiger partial charge in [0.25, 0.3) is 0 Å². The van der Waals surface area contributed by atoms with E-state index in [4.69, 9.17) is 4.74 Å². The molecule has 2 aromatic rings. The van der Waals surface area contributed by atoms with E-state index in [0.717, 1.165) is 37.9 Å². The highest BCUT2D eigenvalue weighted by atomic mass is 127. The van der Waals surface area contributed by atoms with Gasteiger partial charge in [0, 0.05) is 20.0 Å². The van der Waals surface area contributed by atoms with Crippen LogP contribution in [0.2, 0.25) is 0 Å². The van der Waals surface area contributed by atoms with Crippen molar-refractivity contribution in [2.24, 2.45) is 0 Å². The lowest BCUT2D eigenvalue weighted by molar-refractivity contribution is 0.354. The molecule has 0 bridgehead atoms. The van der Waals surface area contributed by atoms with Gasteiger partial charge in [0.05, 0.1) is 11.4 Å². The van der Waals surface area contributed by atoms with Gasteiger partial charge in [-0.15, -0.1) is 0 Å². The van der Waals surface area contributed by atoms with Crippen LogP contribution in [0.25, 0.3) is 0 Å². The van der Waals surface area contributed by atoms with Gasteiger partial charge in [-0.3, -0.25) is 0 Å². The minimum atomic E-state index is -0.214. The summed E-state index contributed by atoms with van der Waals surface area (Å²) in [4.78, 5) is -0.0145. The molecular formula is C15H10Br2FIO. The Hall–Kier alpha value is -0.140. The van der Waals surface area contributed by atoms with E-state index in [0.29, 0.717) is 0 Å². The van der Waals surface area contributed by atoms with Crippen molar-refractivity contribution in [2.75, 3.05) is 6.61 Å². The van der Waals surface area contributed by atoms with E-state index in [2.05, 4.69) is 66.6 Å². The highest BCUT2D eigenvalue weighted by Crippen LogP contribution is 2.43. The third-order valence-corrected chi connectivity index (χ3v) is 5.66. The van der Waals surface area contributed by atoms with Crippen LogP contribution in [-0.4, -0.2) is 6.61 Å². The Morgan fingerprint density at radius 1 is 1.20 bits per heavy atom. The quantitative estimate of drug-likeness (QED) is 0.376. The molecule has 3 rings (SSSR count). The van der Waals surface area contributed by atoms with Crippen LogP contribution >= 0.6 is 54.5 Å². The predicted octanol–water partition coefficient (Wildman–Crippen LogP) is 5.61. The molecule has 20 heavy (non-hydrogen) atoms. The molecule has 1 atom stereocenters. The first-order valence-electron chi connectivity index (χ1n) is 6.10. The summed E-state index contributed by atoms with van der Waals surface area (Å²) >= 11 is 9.44. The molecule has 0 fully saturated rings. The summed E-state index contributed by atoms with van der Waals surface area (Å²) < 4.78 is 20.9. The molecule has 0 aromatic heterocycles. The predicted molar refractivity (Wildman–Crippen MR) is 93.2 cm³/mol. The monoisotopic (exact) mass is 510 g/mol. The molecule has 0 N–H and O–H groups in total. The summed E-state index contributed by atoms with van der Waals surface area (Å²) in [5.74, 6) is 0.740. The van der Waals surface area contributed by atoms with E-state index in [-0.39, 0.29) is 10.6 Å². The van der Waals surface area contributed by atoms with Gasteiger partial charge in [0.15, 0.2) is 0 Å². The molecule has 1 unspecified atom stereocenters. The first-order valence-corrected chi connectivity index (χ1v) is 8.89. The maximum absolute atomic E-state index is 13.2. The summed E-state index contributed by atoms with van der Waals surface area (Å²) in [6.07, 6.45) is 0.933. The molecule has 0 spiro atoms. The zero-order valence-electron chi connectivity index (χ0n) is 10.3. The van der Waals surface area contributed by atoms with Crippen LogP contribution in [0.4, 0.5) is 4.39 Å². The molecule has 0 radical (unpaired) electrons. The van der Waals surface area contributed by atoms with Gasteiger partial charge in [0.2, 0.25) is 0 Å². The summed E-state index contributed by atoms with van der Waals surface area (Å²) in [6, 6.07) is 9.01. The SMILES string of the molecule is Fc1ccc(C(Br)c2cc(Br)cc3c2OCC3)c(I)c1. The van der Waals surface area contributed by atoms with Crippen molar-refractivity contribution in [1.82, 2.24) is 0 Å². The van der Waals surface area contributed by atoms with Crippen LogP contribution in [0.3, 0.4) is 0 Å². The van der Waals surface area contributed by atoms with E-state index in [1.54, 1.807) is 6.07 Å². The van der Waals surface area contributed by atoms with Crippen LogP contribution in [0, 0.1) is 9.39 Å². The molecule has 0 saturated carbocycles. The highest BCUT2D eigenvalue weighted by molar-refractivity contribution is 14.1. The van der Waals surface area contributed by atoms with Gasteiger partial charge < -0.3 is 4.74 Å². The Balaban J connectivity index is 2.09. The fourth-order valence-electron chi connectivity index (χ4n) is 2.36. The molecule has 1 aliphatic rings. The second-order valence-corrected chi connectivity index (χ2v) is 7.60. The Morgan fingerprint density at radius 2 is 2.00 bits per heavy atom. The van der Waals surface area contributed by atoms with Crippen LogP contribution in [0.5, 0.6) is 5.75 Å². The zero-order chi connectivity index (χ0) is 14.3. The molecule has 0 amide bonds. The molecule has 1 aliphatic heterocycles. The highest BCUT2D eigenvalue weighted by Gasteiger charge is 2.24. The van der Waals surface area contributed by atoms with Crippen molar-refractivity contribution in [3.05, 3.63) is 60.9 Å². The molecule has 5 heteroatoms. The Labute approximate surface area is 147 Å². The lowest BCUT2D eigenvalue weighted by Gasteiger charge is -2.16. The summed E-state index contributed by atoms with van der Waals surface area (Å²) in [5, 5.41) is 0. The molecule has 0 saturated heterocycles. The molecule has 104 valence electrons. The van der Waals surface area contributed by atoms with E-state index in [1.807, 2.05) is 6.07 Å². The normalized spacial score (nSPS) is 14.8. The minimum Gasteiger partial charge on any atom is -0.493 e. The van der Waals surface area contributed by atoms with Gasteiger partial charge in [0.1, 0.15) is 11.6 Å². The van der Waals surface area contributed by atoms with Gasteiger partial charge in [-0.05, 0) is 58.0 Å². The standard InChI is InChI=1S/C15H10Br2FIO/c16-9-5-8-3-4-20-15(8)12(6-9)14(17)11-2-1-10(18)7-13(11)19/h1-2,5-7,14H,3-4H2. The smallest absolute Gasteiger partial charge is 0.127 e. The zero-order valence-corrected chi connectivity index (χ0v) is 15.6. The van der Waals surface area contributed by atoms with E-state index >= 15 is 0 Å². The number of hydrogen-bond donors (Lipinski definition) is 0. The van der Waals surface area contributed by atoms with Gasteiger partial charge in [-0.1, -0.05) is 37.9 Å². The van der Waals surface area contributed by atoms with Crippen LogP contribution in [-0.2, 0) is 6.42 Å². The average Bonchev–Trinajstić information content (AvgIpc) is 2.85. The molecule has 1 nitrogen and oxygen atoms in total. The van der Waals surface area contributed by atoms with E-state index in [1.165, 1.54) is 11.6 Å². The second kappa shape index (κ2) is 5.93. The molecule has 0 aliphatic carbocycles. The lowest BCUT2D eigenvalue weighted by Crippen LogP contribution is -1.99. The number of halogens is 4. The molecule has 2 aromatic carbocycles.